The molecule has 0 fully saturated rings. The van der Waals surface area contributed by atoms with Crippen LogP contribution >= 0.6 is 0 Å². The van der Waals surface area contributed by atoms with Crippen molar-refractivity contribution in [2.45, 2.75) is 13.0 Å². The third-order valence-electron chi connectivity index (χ3n) is 5.13. The van der Waals surface area contributed by atoms with Crippen LogP contribution in [0.5, 0.6) is 11.5 Å². The minimum absolute atomic E-state index is 0.0348. The Morgan fingerprint density at radius 2 is 1.85 bits per heavy atom. The molecule has 2 aliphatic heterocycles. The number of hydrogen-bond acceptors (Lipinski definition) is 3. The number of carbonyl (C=O) groups excluding carboxylic acids is 1. The normalized spacial score (nSPS) is 14.6. The van der Waals surface area contributed by atoms with Crippen LogP contribution in [0.4, 0.5) is 5.69 Å². The van der Waals surface area contributed by atoms with Crippen LogP contribution in [0.25, 0.3) is 0 Å². The topological polar surface area (TPSA) is 43.7 Å². The Morgan fingerprint density at radius 3 is 2.77 bits per heavy atom. The molecule has 0 bridgehead atoms. The number of ether oxygens (including phenoxy) is 2. The highest BCUT2D eigenvalue weighted by molar-refractivity contribution is 6.07. The van der Waals surface area contributed by atoms with E-state index < -0.39 is 0 Å². The molecule has 0 saturated carbocycles. The number of carbonyl (C=O) groups is 1. The molecule has 130 valence electrons. The third-order valence-corrected chi connectivity index (χ3v) is 5.13. The van der Waals surface area contributed by atoms with Crippen LogP contribution in [0, 0.1) is 0 Å². The van der Waals surface area contributed by atoms with Crippen LogP contribution in [-0.4, -0.2) is 17.3 Å². The minimum atomic E-state index is -0.0348. The molecule has 3 aromatic rings. The summed E-state index contributed by atoms with van der Waals surface area (Å²) in [6.07, 6.45) is 2.88. The van der Waals surface area contributed by atoms with Crippen molar-refractivity contribution >= 4 is 11.6 Å². The number of aromatic nitrogens is 1. The van der Waals surface area contributed by atoms with Crippen molar-refractivity contribution in [3.63, 3.8) is 0 Å². The third kappa shape index (κ3) is 2.28. The largest absolute Gasteiger partial charge is 0.454 e. The van der Waals surface area contributed by atoms with Crippen LogP contribution < -0.4 is 14.4 Å². The molecule has 0 aliphatic carbocycles. The molecule has 1 aromatic heterocycles. The number of para-hydroxylation sites is 1. The van der Waals surface area contributed by atoms with Gasteiger partial charge in [0.05, 0.1) is 6.54 Å². The van der Waals surface area contributed by atoms with Gasteiger partial charge in [0.2, 0.25) is 6.79 Å². The summed E-state index contributed by atoms with van der Waals surface area (Å²) in [5.41, 5.74) is 5.15. The average molecular weight is 346 g/mol. The van der Waals surface area contributed by atoms with Gasteiger partial charge in [-0.15, -0.1) is 0 Å². The predicted molar refractivity (Wildman–Crippen MR) is 97.7 cm³/mol. The first-order chi connectivity index (χ1) is 12.7. The first-order valence-electron chi connectivity index (χ1n) is 8.63. The molecular formula is C21H18N2O3. The Bertz CT molecular complexity index is 1020. The second-order valence-corrected chi connectivity index (χ2v) is 6.66. The van der Waals surface area contributed by atoms with Crippen LogP contribution in [0.15, 0.2) is 54.7 Å². The van der Waals surface area contributed by atoms with E-state index in [9.17, 15) is 4.79 Å². The number of anilines is 1. The van der Waals surface area contributed by atoms with Gasteiger partial charge in [-0.3, -0.25) is 4.79 Å². The second kappa shape index (κ2) is 5.66. The molecule has 5 rings (SSSR count). The van der Waals surface area contributed by atoms with E-state index in [4.69, 9.17) is 9.47 Å². The van der Waals surface area contributed by atoms with Gasteiger partial charge in [0.25, 0.3) is 5.91 Å². The van der Waals surface area contributed by atoms with Crippen molar-refractivity contribution in [1.82, 2.24) is 4.57 Å². The van der Waals surface area contributed by atoms with Gasteiger partial charge in [0, 0.05) is 36.6 Å². The van der Waals surface area contributed by atoms with Crippen molar-refractivity contribution in [2.75, 3.05) is 11.7 Å². The Morgan fingerprint density at radius 1 is 1.00 bits per heavy atom. The monoisotopic (exact) mass is 346 g/mol. The summed E-state index contributed by atoms with van der Waals surface area (Å²) in [6, 6.07) is 15.6. The van der Waals surface area contributed by atoms with Gasteiger partial charge in [-0.2, -0.15) is 0 Å². The summed E-state index contributed by atoms with van der Waals surface area (Å²) in [5.74, 6) is 1.27. The van der Waals surface area contributed by atoms with Crippen molar-refractivity contribution in [3.05, 3.63) is 77.1 Å². The molecule has 2 aliphatic rings. The lowest BCUT2D eigenvalue weighted by Gasteiger charge is -2.23. The Labute approximate surface area is 151 Å². The minimum Gasteiger partial charge on any atom is -0.454 e. The van der Waals surface area contributed by atoms with Gasteiger partial charge in [-0.05, 0) is 41.5 Å². The molecule has 0 atom stereocenters. The van der Waals surface area contributed by atoms with Gasteiger partial charge in [-0.1, -0.05) is 18.2 Å². The molecule has 0 radical (unpaired) electrons. The van der Waals surface area contributed by atoms with Crippen LogP contribution in [0.2, 0.25) is 0 Å². The van der Waals surface area contributed by atoms with Crippen molar-refractivity contribution < 1.29 is 14.3 Å². The number of hydrogen-bond donors (Lipinski definition) is 0. The molecule has 5 nitrogen and oxygen atoms in total. The summed E-state index contributed by atoms with van der Waals surface area (Å²) in [7, 11) is 2.05. The van der Waals surface area contributed by atoms with Crippen molar-refractivity contribution in [1.29, 1.82) is 0 Å². The lowest BCUT2D eigenvalue weighted by molar-refractivity contribution is 0.0984. The molecule has 0 spiro atoms. The first-order valence-corrected chi connectivity index (χ1v) is 8.63. The number of nitrogens with zero attached hydrogens (tertiary/aromatic N) is 2. The zero-order valence-electron chi connectivity index (χ0n) is 14.4. The molecule has 2 aromatic carbocycles. The molecular weight excluding hydrogens is 328 g/mol. The van der Waals surface area contributed by atoms with Gasteiger partial charge in [-0.25, -0.2) is 0 Å². The summed E-state index contributed by atoms with van der Waals surface area (Å²) in [4.78, 5) is 15.2. The maximum atomic E-state index is 13.4. The van der Waals surface area contributed by atoms with Gasteiger partial charge < -0.3 is 18.9 Å². The Balaban J connectivity index is 1.60. The zero-order chi connectivity index (χ0) is 17.7. The van der Waals surface area contributed by atoms with Crippen LogP contribution in [-0.2, 0) is 20.0 Å². The highest BCUT2D eigenvalue weighted by Crippen LogP contribution is 2.35. The summed E-state index contributed by atoms with van der Waals surface area (Å²) in [6.45, 7) is 0.757. The average Bonchev–Trinajstić information content (AvgIpc) is 3.22. The predicted octanol–water partition coefficient (Wildman–Crippen LogP) is 3.51. The summed E-state index contributed by atoms with van der Waals surface area (Å²) in [5, 5.41) is 0. The quantitative estimate of drug-likeness (QED) is 0.677. The van der Waals surface area contributed by atoms with Crippen molar-refractivity contribution in [3.8, 4) is 11.5 Å². The van der Waals surface area contributed by atoms with Crippen molar-refractivity contribution in [2.24, 2.45) is 7.05 Å². The Hall–Kier alpha value is -3.21. The maximum absolute atomic E-state index is 13.4. The van der Waals surface area contributed by atoms with E-state index in [2.05, 4.69) is 29.9 Å². The van der Waals surface area contributed by atoms with Crippen LogP contribution in [0.1, 0.15) is 27.2 Å². The zero-order valence-corrected chi connectivity index (χ0v) is 14.4. The molecule has 0 unspecified atom stereocenters. The summed E-state index contributed by atoms with van der Waals surface area (Å²) < 4.78 is 12.9. The fraction of sp³-hybridized carbons (Fsp3) is 0.190. The maximum Gasteiger partial charge on any atom is 0.258 e. The molecule has 26 heavy (non-hydrogen) atoms. The van der Waals surface area contributed by atoms with E-state index in [1.165, 1.54) is 11.3 Å². The van der Waals surface area contributed by atoms with E-state index in [1.807, 2.05) is 23.1 Å². The lowest BCUT2D eigenvalue weighted by Crippen LogP contribution is -2.30. The molecule has 3 heterocycles. The molecule has 5 heteroatoms. The highest BCUT2D eigenvalue weighted by atomic mass is 16.7. The van der Waals surface area contributed by atoms with E-state index >= 15 is 0 Å². The highest BCUT2D eigenvalue weighted by Gasteiger charge is 2.27. The molecule has 0 saturated heterocycles. The lowest BCUT2D eigenvalue weighted by atomic mass is 10.1. The number of aryl methyl sites for hydroxylation is 1. The smallest absolute Gasteiger partial charge is 0.258 e. The number of amides is 1. The van der Waals surface area contributed by atoms with E-state index in [0.29, 0.717) is 23.6 Å². The van der Waals surface area contributed by atoms with Gasteiger partial charge in [0.15, 0.2) is 11.5 Å². The fourth-order valence-corrected chi connectivity index (χ4v) is 3.72. The molecule has 1 amide bonds. The Kier molecular flexibility index (Phi) is 3.28. The molecule has 0 N–H and O–H groups in total. The van der Waals surface area contributed by atoms with E-state index in [0.717, 1.165) is 17.7 Å². The van der Waals surface area contributed by atoms with Gasteiger partial charge in [0.1, 0.15) is 0 Å². The standard InChI is InChI=1S/C21H18N2O3/c1-22-9-8-16-12-23(17-5-3-2-4-14(17)10-18(16)22)21(24)15-6-7-19-20(11-15)26-13-25-19/h2-9,11H,10,12-13H2,1H3. The van der Waals surface area contributed by atoms with Crippen LogP contribution in [0.3, 0.4) is 0 Å². The second-order valence-electron chi connectivity index (χ2n) is 6.66. The van der Waals surface area contributed by atoms with Gasteiger partial charge >= 0.3 is 0 Å². The SMILES string of the molecule is Cn1ccc2c1Cc1ccccc1N(C(=O)c1ccc3c(c1)OCO3)C2. The fourth-order valence-electron chi connectivity index (χ4n) is 3.72. The van der Waals surface area contributed by atoms with E-state index in [1.54, 1.807) is 18.2 Å². The number of fused-ring (bicyclic) bond motifs is 3. The first kappa shape index (κ1) is 15.1. The summed E-state index contributed by atoms with van der Waals surface area (Å²) >= 11 is 0. The number of rotatable bonds is 1. The number of benzene rings is 2. The van der Waals surface area contributed by atoms with E-state index in [-0.39, 0.29) is 12.7 Å².